The normalized spacial score (nSPS) is 12.4. The number of furan rings is 1. The Morgan fingerprint density at radius 2 is 1.88 bits per heavy atom. The summed E-state index contributed by atoms with van der Waals surface area (Å²) < 4.78 is 24.9. The predicted molar refractivity (Wildman–Crippen MR) is 134 cm³/mol. The molecule has 0 aliphatic carbocycles. The van der Waals surface area contributed by atoms with Crippen LogP contribution in [0.15, 0.2) is 47.2 Å². The molecule has 0 saturated heterocycles. The van der Waals surface area contributed by atoms with E-state index in [0.717, 1.165) is 11.1 Å². The van der Waals surface area contributed by atoms with Crippen LogP contribution in [-0.4, -0.2) is 38.2 Å². The first-order chi connectivity index (χ1) is 16.8. The topological polar surface area (TPSA) is 83.5 Å². The number of rotatable bonds is 7. The van der Waals surface area contributed by atoms with Crippen molar-refractivity contribution in [3.63, 3.8) is 0 Å². The molecule has 1 unspecified atom stereocenters. The zero-order chi connectivity index (χ0) is 25.3. The molecule has 2 aromatic heterocycles. The zero-order valence-corrected chi connectivity index (χ0v) is 20.5. The van der Waals surface area contributed by atoms with Gasteiger partial charge in [-0.25, -0.2) is 0 Å². The third-order valence-corrected chi connectivity index (χ3v) is 5.74. The quantitative estimate of drug-likeness (QED) is 0.312. The van der Waals surface area contributed by atoms with Gasteiger partial charge in [-0.05, 0) is 38.4 Å². The van der Waals surface area contributed by atoms with E-state index in [2.05, 4.69) is 16.4 Å². The van der Waals surface area contributed by atoms with E-state index >= 15 is 0 Å². The minimum Gasteiger partial charge on any atom is -0.496 e. The van der Waals surface area contributed by atoms with Gasteiger partial charge < -0.3 is 24.1 Å². The Kier molecular flexibility index (Phi) is 6.45. The fourth-order valence-corrected chi connectivity index (χ4v) is 4.07. The smallest absolute Gasteiger partial charge is 0.139 e. The highest BCUT2D eigenvalue weighted by Gasteiger charge is 2.18. The Morgan fingerprint density at radius 3 is 2.56 bits per heavy atom. The summed E-state index contributed by atoms with van der Waals surface area (Å²) in [5.74, 6) is 1.50. The number of pyridine rings is 1. The summed E-state index contributed by atoms with van der Waals surface area (Å²) in [5, 5.41) is 14.4. The van der Waals surface area contributed by atoms with E-state index in [-0.39, 0.29) is 0 Å². The van der Waals surface area contributed by atoms with Crippen molar-refractivity contribution >= 4 is 45.5 Å². The second-order valence-corrected chi connectivity index (χ2v) is 8.46. The lowest BCUT2D eigenvalue weighted by Gasteiger charge is -2.16. The van der Waals surface area contributed by atoms with Crippen molar-refractivity contribution in [3.8, 4) is 28.7 Å². The van der Waals surface area contributed by atoms with E-state index < -0.39 is 6.52 Å². The molecule has 0 spiro atoms. The zero-order valence-electron chi connectivity index (χ0n) is 19.9. The molecule has 34 heavy (non-hydrogen) atoms. The number of methoxy groups -OCH3 is 2. The first kappa shape index (κ1) is 22.4. The van der Waals surface area contributed by atoms with Gasteiger partial charge in [0.1, 0.15) is 23.3 Å². The van der Waals surface area contributed by atoms with Crippen LogP contribution in [0.1, 0.15) is 12.7 Å². The van der Waals surface area contributed by atoms with E-state index in [1.54, 1.807) is 36.5 Å². The molecular formula is C25H22Cl2N4O3. The van der Waals surface area contributed by atoms with E-state index in [0.29, 0.717) is 55.1 Å². The van der Waals surface area contributed by atoms with Gasteiger partial charge in [0.05, 0.1) is 60.9 Å². The average Bonchev–Trinajstić information content (AvgIpc) is 3.34. The molecule has 1 N–H and O–H groups in total. The van der Waals surface area contributed by atoms with Gasteiger partial charge in [0.15, 0.2) is 0 Å². The first-order valence-corrected chi connectivity index (χ1v) is 10.9. The molecule has 0 aliphatic heterocycles. The summed E-state index contributed by atoms with van der Waals surface area (Å²) in [4.78, 5) is 6.22. The van der Waals surface area contributed by atoms with Crippen molar-refractivity contribution in [2.45, 2.75) is 6.52 Å². The number of benzene rings is 2. The molecule has 4 aromatic rings. The van der Waals surface area contributed by atoms with Gasteiger partial charge in [0.25, 0.3) is 0 Å². The summed E-state index contributed by atoms with van der Waals surface area (Å²) in [6.07, 6.45) is 3.08. The number of nitriles is 1. The molecule has 0 bridgehead atoms. The van der Waals surface area contributed by atoms with Gasteiger partial charge in [-0.2, -0.15) is 5.26 Å². The highest BCUT2D eigenvalue weighted by atomic mass is 35.5. The van der Waals surface area contributed by atoms with Crippen LogP contribution in [0.3, 0.4) is 0 Å². The van der Waals surface area contributed by atoms with E-state index in [4.69, 9.17) is 38.5 Å². The largest absolute Gasteiger partial charge is 0.496 e. The maximum Gasteiger partial charge on any atom is 0.139 e. The van der Waals surface area contributed by atoms with E-state index in [1.165, 1.54) is 13.3 Å². The van der Waals surface area contributed by atoms with Crippen LogP contribution in [0.4, 0.5) is 11.4 Å². The lowest BCUT2D eigenvalue weighted by Crippen LogP contribution is -2.09. The number of hydrogen-bond donors (Lipinski definition) is 1. The number of hydrogen-bond acceptors (Lipinski definition) is 7. The van der Waals surface area contributed by atoms with Gasteiger partial charge in [0, 0.05) is 28.8 Å². The molecule has 0 aliphatic rings. The van der Waals surface area contributed by atoms with Crippen LogP contribution < -0.4 is 14.8 Å². The molecule has 2 heterocycles. The van der Waals surface area contributed by atoms with Crippen molar-refractivity contribution in [1.82, 2.24) is 9.88 Å². The Labute approximate surface area is 208 Å². The molecule has 174 valence electrons. The Morgan fingerprint density at radius 1 is 1.12 bits per heavy atom. The van der Waals surface area contributed by atoms with Crippen molar-refractivity contribution in [2.24, 2.45) is 0 Å². The van der Waals surface area contributed by atoms with Crippen LogP contribution in [0.5, 0.6) is 11.5 Å². The Hall–Kier alpha value is -3.44. The SMILES string of the molecule is [2H]C(c1cc(-c2cc3ncc(C#N)c(Nc4cc(OC)c(Cl)cc4Cl)c3cc2OC)co1)N(C)C. The highest BCUT2D eigenvalue weighted by molar-refractivity contribution is 6.37. The second-order valence-electron chi connectivity index (χ2n) is 7.65. The molecule has 0 saturated carbocycles. The third kappa shape index (κ3) is 4.62. The molecule has 7 nitrogen and oxygen atoms in total. The van der Waals surface area contributed by atoms with Crippen molar-refractivity contribution in [1.29, 1.82) is 5.26 Å². The van der Waals surface area contributed by atoms with Gasteiger partial charge in [-0.15, -0.1) is 0 Å². The summed E-state index contributed by atoms with van der Waals surface area (Å²) in [6, 6.07) is 10.9. The van der Waals surface area contributed by atoms with Crippen LogP contribution >= 0.6 is 23.2 Å². The predicted octanol–water partition coefficient (Wildman–Crippen LogP) is 6.50. The van der Waals surface area contributed by atoms with Crippen molar-refractivity contribution in [2.75, 3.05) is 33.6 Å². The Bertz CT molecular complexity index is 1450. The highest BCUT2D eigenvalue weighted by Crippen LogP contribution is 2.41. The fraction of sp³-hybridized carbons (Fsp3) is 0.200. The summed E-state index contributed by atoms with van der Waals surface area (Å²) in [5.41, 5.74) is 3.48. The molecule has 0 fully saturated rings. The maximum atomic E-state index is 9.75. The minimum atomic E-state index is -0.636. The molecule has 0 amide bonds. The minimum absolute atomic E-state index is 0.325. The van der Waals surface area contributed by atoms with Crippen molar-refractivity contribution in [3.05, 3.63) is 64.2 Å². The lowest BCUT2D eigenvalue weighted by molar-refractivity contribution is 0.350. The summed E-state index contributed by atoms with van der Waals surface area (Å²) in [6.45, 7) is -0.636. The van der Waals surface area contributed by atoms with Gasteiger partial charge in [-0.3, -0.25) is 4.98 Å². The van der Waals surface area contributed by atoms with Crippen LogP contribution in [-0.2, 0) is 6.52 Å². The van der Waals surface area contributed by atoms with E-state index in [9.17, 15) is 5.26 Å². The molecule has 1 atom stereocenters. The molecule has 4 rings (SSSR count). The first-order valence-electron chi connectivity index (χ1n) is 10.7. The lowest BCUT2D eigenvalue weighted by atomic mass is 10.0. The monoisotopic (exact) mass is 497 g/mol. The maximum absolute atomic E-state index is 9.75. The van der Waals surface area contributed by atoms with Crippen molar-refractivity contribution < 1.29 is 15.3 Å². The second kappa shape index (κ2) is 9.82. The molecular weight excluding hydrogens is 475 g/mol. The number of halogens is 2. The number of fused-ring (bicyclic) bond motifs is 1. The summed E-state index contributed by atoms with van der Waals surface area (Å²) in [7, 11) is 6.69. The number of nitrogens with zero attached hydrogens (tertiary/aromatic N) is 3. The Balaban J connectivity index is 1.86. The number of aromatic nitrogens is 1. The number of anilines is 2. The van der Waals surface area contributed by atoms with Crippen LogP contribution in [0, 0.1) is 11.3 Å². The van der Waals surface area contributed by atoms with Gasteiger partial charge >= 0.3 is 0 Å². The van der Waals surface area contributed by atoms with Crippen LogP contribution in [0.2, 0.25) is 10.0 Å². The van der Waals surface area contributed by atoms with Gasteiger partial charge in [0.2, 0.25) is 0 Å². The average molecular weight is 498 g/mol. The van der Waals surface area contributed by atoms with E-state index in [1.807, 2.05) is 26.2 Å². The molecule has 2 aromatic carbocycles. The van der Waals surface area contributed by atoms with Gasteiger partial charge in [-0.1, -0.05) is 23.2 Å². The standard InChI is InChI=1S/C25H22Cl2N4O3/c1-31(2)12-16-5-14(13-34-16)17-6-21-18(7-23(17)32-3)25(15(10-28)11-29-21)30-22-9-24(33-4)20(27)8-19(22)26/h5-9,11,13H,12H2,1-4H3,(H,29,30)/i12D. The summed E-state index contributed by atoms with van der Waals surface area (Å²) >= 11 is 12.6. The fourth-order valence-electron chi connectivity index (χ4n) is 3.57. The number of ether oxygens (including phenoxy) is 2. The number of nitrogens with one attached hydrogen (secondary N) is 1. The molecule has 0 radical (unpaired) electrons. The third-order valence-electron chi connectivity index (χ3n) is 5.13. The van der Waals surface area contributed by atoms with Crippen LogP contribution in [0.25, 0.3) is 22.0 Å². The molecule has 9 heteroatoms.